The van der Waals surface area contributed by atoms with Crippen LogP contribution >= 0.6 is 0 Å². The molecule has 0 spiro atoms. The Morgan fingerprint density at radius 3 is 2.56 bits per heavy atom. The van der Waals surface area contributed by atoms with E-state index in [1.807, 2.05) is 13.8 Å². The summed E-state index contributed by atoms with van der Waals surface area (Å²) in [5.74, 6) is 0.216. The number of ether oxygens (including phenoxy) is 1. The predicted octanol–water partition coefficient (Wildman–Crippen LogP) is 2.17. The lowest BCUT2D eigenvalue weighted by Gasteiger charge is -2.23. The number of hydrogen-bond donors (Lipinski definition) is 1. The van der Waals surface area contributed by atoms with Crippen LogP contribution in [0.5, 0.6) is 0 Å². The van der Waals surface area contributed by atoms with Crippen molar-refractivity contribution in [2.45, 2.75) is 33.2 Å². The fraction of sp³-hybridized carbons (Fsp3) is 0.533. The second kappa shape index (κ2) is 5.63. The van der Waals surface area contributed by atoms with Crippen LogP contribution in [0.15, 0.2) is 12.1 Å². The highest BCUT2D eigenvalue weighted by atomic mass is 16.5. The Morgan fingerprint density at radius 2 is 2.00 bits per heavy atom. The van der Waals surface area contributed by atoms with E-state index in [4.69, 9.17) is 4.74 Å². The molecule has 1 aliphatic rings. The summed E-state index contributed by atoms with van der Waals surface area (Å²) >= 11 is 0. The summed E-state index contributed by atoms with van der Waals surface area (Å²) in [6.07, 6.45) is 0.519. The van der Waals surface area contributed by atoms with E-state index in [1.54, 1.807) is 0 Å². The van der Waals surface area contributed by atoms with E-state index < -0.39 is 0 Å². The van der Waals surface area contributed by atoms with Crippen molar-refractivity contribution in [1.29, 1.82) is 0 Å². The van der Waals surface area contributed by atoms with Gasteiger partial charge in [-0.1, -0.05) is 17.7 Å². The minimum absolute atomic E-state index is 0.159. The van der Waals surface area contributed by atoms with E-state index in [0.717, 1.165) is 29.8 Å². The molecule has 1 fully saturated rings. The lowest BCUT2D eigenvalue weighted by atomic mass is 9.93. The second-order valence-corrected chi connectivity index (χ2v) is 5.13. The average molecular weight is 247 g/mol. The highest BCUT2D eigenvalue weighted by molar-refractivity contribution is 5.99. The Balaban J connectivity index is 2.13. The van der Waals surface area contributed by atoms with Crippen LogP contribution in [0.3, 0.4) is 0 Å². The molecule has 1 atom stereocenters. The van der Waals surface area contributed by atoms with E-state index in [0.29, 0.717) is 13.0 Å². The highest BCUT2D eigenvalue weighted by Gasteiger charge is 2.20. The van der Waals surface area contributed by atoms with Gasteiger partial charge in [0.05, 0.1) is 13.2 Å². The third-order valence-corrected chi connectivity index (χ3v) is 3.39. The first-order valence-corrected chi connectivity index (χ1v) is 6.50. The number of morpholine rings is 1. The van der Waals surface area contributed by atoms with Crippen molar-refractivity contribution < 1.29 is 9.53 Å². The van der Waals surface area contributed by atoms with Crippen molar-refractivity contribution >= 4 is 5.78 Å². The Hall–Kier alpha value is -1.19. The Kier molecular flexibility index (Phi) is 4.15. The number of hydrogen-bond acceptors (Lipinski definition) is 3. The Morgan fingerprint density at radius 1 is 1.33 bits per heavy atom. The van der Waals surface area contributed by atoms with Crippen LogP contribution in [-0.2, 0) is 4.74 Å². The summed E-state index contributed by atoms with van der Waals surface area (Å²) in [6.45, 7) is 8.30. The minimum Gasteiger partial charge on any atom is -0.378 e. The van der Waals surface area contributed by atoms with Gasteiger partial charge in [-0.05, 0) is 31.9 Å². The first-order valence-electron chi connectivity index (χ1n) is 6.50. The molecule has 1 aromatic carbocycles. The number of carbonyl (C=O) groups is 1. The standard InChI is InChI=1S/C15H21NO2/c1-10-6-11(2)15(12(3)7-10)14(17)8-13-9-18-5-4-16-13/h6-7,13,16H,4-5,8-9H2,1-3H3. The number of Topliss-reactive ketones (excluding diaryl/α,β-unsaturated/α-hetero) is 1. The van der Waals surface area contributed by atoms with Gasteiger partial charge in [-0.3, -0.25) is 4.79 Å². The minimum atomic E-state index is 0.159. The molecule has 1 aromatic rings. The van der Waals surface area contributed by atoms with Crippen LogP contribution in [0.25, 0.3) is 0 Å². The highest BCUT2D eigenvalue weighted by Crippen LogP contribution is 2.19. The largest absolute Gasteiger partial charge is 0.378 e. The average Bonchev–Trinajstić information content (AvgIpc) is 2.28. The van der Waals surface area contributed by atoms with Crippen molar-refractivity contribution in [1.82, 2.24) is 5.32 Å². The van der Waals surface area contributed by atoms with Gasteiger partial charge >= 0.3 is 0 Å². The maximum atomic E-state index is 12.4. The van der Waals surface area contributed by atoms with Gasteiger partial charge in [0.1, 0.15) is 0 Å². The van der Waals surface area contributed by atoms with Gasteiger partial charge in [-0.25, -0.2) is 0 Å². The van der Waals surface area contributed by atoms with E-state index >= 15 is 0 Å². The second-order valence-electron chi connectivity index (χ2n) is 5.13. The van der Waals surface area contributed by atoms with Gasteiger partial charge in [0, 0.05) is 24.6 Å². The smallest absolute Gasteiger partial charge is 0.165 e. The maximum absolute atomic E-state index is 12.4. The van der Waals surface area contributed by atoms with Crippen molar-refractivity contribution in [2.75, 3.05) is 19.8 Å². The molecule has 3 nitrogen and oxygen atoms in total. The van der Waals surface area contributed by atoms with Gasteiger partial charge in [0.25, 0.3) is 0 Å². The summed E-state index contributed by atoms with van der Waals surface area (Å²) in [5.41, 5.74) is 4.25. The number of nitrogens with one attached hydrogen (secondary N) is 1. The number of benzene rings is 1. The summed E-state index contributed by atoms with van der Waals surface area (Å²) in [7, 11) is 0. The number of aryl methyl sites for hydroxylation is 3. The molecule has 2 rings (SSSR count). The van der Waals surface area contributed by atoms with Crippen molar-refractivity contribution in [3.8, 4) is 0 Å². The summed E-state index contributed by atoms with van der Waals surface area (Å²) < 4.78 is 5.38. The van der Waals surface area contributed by atoms with Gasteiger partial charge in [-0.15, -0.1) is 0 Å². The quantitative estimate of drug-likeness (QED) is 0.832. The van der Waals surface area contributed by atoms with Crippen LogP contribution < -0.4 is 5.32 Å². The van der Waals surface area contributed by atoms with Crippen LogP contribution in [-0.4, -0.2) is 31.6 Å². The molecule has 0 amide bonds. The summed E-state index contributed by atoms with van der Waals surface area (Å²) in [5, 5.41) is 3.32. The van der Waals surface area contributed by atoms with Crippen LogP contribution in [0.2, 0.25) is 0 Å². The predicted molar refractivity (Wildman–Crippen MR) is 72.2 cm³/mol. The lowest BCUT2D eigenvalue weighted by molar-refractivity contribution is 0.0675. The SMILES string of the molecule is Cc1cc(C)c(C(=O)CC2COCCN2)c(C)c1. The van der Waals surface area contributed by atoms with Crippen LogP contribution in [0.4, 0.5) is 0 Å². The molecule has 98 valence electrons. The van der Waals surface area contributed by atoms with E-state index in [2.05, 4.69) is 24.4 Å². The molecule has 1 unspecified atom stereocenters. The molecular weight excluding hydrogens is 226 g/mol. The Bertz CT molecular complexity index is 425. The van der Waals surface area contributed by atoms with Crippen LogP contribution in [0, 0.1) is 20.8 Å². The van der Waals surface area contributed by atoms with E-state index in [-0.39, 0.29) is 11.8 Å². The number of ketones is 1. The first kappa shape index (κ1) is 13.2. The molecule has 1 heterocycles. The number of rotatable bonds is 3. The fourth-order valence-corrected chi connectivity index (χ4v) is 2.70. The zero-order valence-electron chi connectivity index (χ0n) is 11.4. The molecule has 1 N–H and O–H groups in total. The summed E-state index contributed by atoms with van der Waals surface area (Å²) in [4.78, 5) is 12.4. The van der Waals surface area contributed by atoms with Crippen LogP contribution in [0.1, 0.15) is 33.5 Å². The third-order valence-electron chi connectivity index (χ3n) is 3.39. The molecule has 0 bridgehead atoms. The normalized spacial score (nSPS) is 19.8. The van der Waals surface area contributed by atoms with Crippen molar-refractivity contribution in [3.63, 3.8) is 0 Å². The van der Waals surface area contributed by atoms with Gasteiger partial charge in [0.15, 0.2) is 5.78 Å². The molecule has 3 heteroatoms. The first-order chi connectivity index (χ1) is 8.58. The molecule has 0 radical (unpaired) electrons. The molecule has 0 saturated carbocycles. The molecule has 18 heavy (non-hydrogen) atoms. The lowest BCUT2D eigenvalue weighted by Crippen LogP contribution is -2.42. The monoisotopic (exact) mass is 247 g/mol. The topological polar surface area (TPSA) is 38.3 Å². The molecule has 1 aliphatic heterocycles. The summed E-state index contributed by atoms with van der Waals surface area (Å²) in [6, 6.07) is 4.31. The number of carbonyl (C=O) groups excluding carboxylic acids is 1. The van der Waals surface area contributed by atoms with Gasteiger partial charge in [-0.2, -0.15) is 0 Å². The van der Waals surface area contributed by atoms with E-state index in [1.165, 1.54) is 5.56 Å². The maximum Gasteiger partial charge on any atom is 0.165 e. The fourth-order valence-electron chi connectivity index (χ4n) is 2.70. The molecule has 0 aromatic heterocycles. The zero-order chi connectivity index (χ0) is 13.1. The molecule has 0 aliphatic carbocycles. The van der Waals surface area contributed by atoms with Gasteiger partial charge < -0.3 is 10.1 Å². The molecule has 1 saturated heterocycles. The molecular formula is C15H21NO2. The van der Waals surface area contributed by atoms with E-state index in [9.17, 15) is 4.79 Å². The third kappa shape index (κ3) is 2.98. The van der Waals surface area contributed by atoms with Crippen molar-refractivity contribution in [3.05, 3.63) is 34.4 Å². The van der Waals surface area contributed by atoms with Gasteiger partial charge in [0.2, 0.25) is 0 Å². The van der Waals surface area contributed by atoms with Crippen molar-refractivity contribution in [2.24, 2.45) is 0 Å². The Labute approximate surface area is 109 Å². The zero-order valence-corrected chi connectivity index (χ0v) is 11.4.